The second kappa shape index (κ2) is 7.16. The van der Waals surface area contributed by atoms with E-state index in [9.17, 15) is 8.42 Å². The Labute approximate surface area is 174 Å². The highest BCUT2D eigenvalue weighted by molar-refractivity contribution is 7.91. The molecule has 0 amide bonds. The predicted octanol–water partition coefficient (Wildman–Crippen LogP) is 3.07. The van der Waals surface area contributed by atoms with E-state index in [4.69, 9.17) is 16.6 Å². The molecular formula is C21H21ClN4O2S. The van der Waals surface area contributed by atoms with Gasteiger partial charge in [-0.05, 0) is 29.8 Å². The summed E-state index contributed by atoms with van der Waals surface area (Å²) in [5.74, 6) is 0.834. The van der Waals surface area contributed by atoms with E-state index in [1.807, 2.05) is 41.3 Å². The molecule has 1 fully saturated rings. The molecule has 2 aliphatic heterocycles. The van der Waals surface area contributed by atoms with Crippen LogP contribution in [-0.4, -0.2) is 44.8 Å². The van der Waals surface area contributed by atoms with Crippen LogP contribution >= 0.6 is 11.6 Å². The Bertz CT molecular complexity index is 1190. The van der Waals surface area contributed by atoms with Crippen molar-refractivity contribution in [3.8, 4) is 0 Å². The topological polar surface area (TPSA) is 74.3 Å². The number of anilines is 2. The molecule has 8 heteroatoms. The molecule has 0 bridgehead atoms. The molecule has 3 aromatic rings. The summed E-state index contributed by atoms with van der Waals surface area (Å²) in [7, 11) is -3.30. The molecule has 0 radical (unpaired) electrons. The lowest BCUT2D eigenvalue weighted by Crippen LogP contribution is -2.51. The Morgan fingerprint density at radius 3 is 2.76 bits per heavy atom. The van der Waals surface area contributed by atoms with Crippen molar-refractivity contribution in [2.45, 2.75) is 17.5 Å². The monoisotopic (exact) mass is 428 g/mol. The number of hydrogen-bond acceptors (Lipinski definition) is 6. The lowest BCUT2D eigenvalue weighted by Gasteiger charge is -2.30. The van der Waals surface area contributed by atoms with Crippen LogP contribution in [0.2, 0.25) is 5.02 Å². The number of rotatable bonds is 3. The molecule has 1 saturated heterocycles. The summed E-state index contributed by atoms with van der Waals surface area (Å²) >= 11 is 6.23. The molecule has 5 rings (SSSR count). The third-order valence-corrected chi connectivity index (χ3v) is 7.54. The van der Waals surface area contributed by atoms with Crippen LogP contribution in [0.1, 0.15) is 5.56 Å². The third-order valence-electron chi connectivity index (χ3n) is 5.52. The van der Waals surface area contributed by atoms with Gasteiger partial charge >= 0.3 is 0 Å². The van der Waals surface area contributed by atoms with Crippen molar-refractivity contribution >= 4 is 43.8 Å². The molecule has 2 aliphatic rings. The molecular weight excluding hydrogens is 408 g/mol. The number of aromatic nitrogens is 1. The van der Waals surface area contributed by atoms with Gasteiger partial charge in [0.1, 0.15) is 5.82 Å². The summed E-state index contributed by atoms with van der Waals surface area (Å²) in [5.41, 5.74) is 2.61. The largest absolute Gasteiger partial charge is 0.379 e. The quantitative estimate of drug-likeness (QED) is 0.667. The van der Waals surface area contributed by atoms with Crippen molar-refractivity contribution in [3.63, 3.8) is 0 Å². The van der Waals surface area contributed by atoms with Gasteiger partial charge in [-0.1, -0.05) is 29.8 Å². The Balaban J connectivity index is 1.58. The molecule has 3 heterocycles. The smallest absolute Gasteiger partial charge is 0.180 e. The molecule has 2 N–H and O–H groups in total. The number of sulfone groups is 1. The van der Waals surface area contributed by atoms with Gasteiger partial charge in [0.2, 0.25) is 0 Å². The fourth-order valence-corrected chi connectivity index (χ4v) is 5.51. The third kappa shape index (κ3) is 3.54. The van der Waals surface area contributed by atoms with Gasteiger partial charge in [-0.3, -0.25) is 0 Å². The maximum absolute atomic E-state index is 12.7. The Hall–Kier alpha value is -2.35. The van der Waals surface area contributed by atoms with Crippen molar-refractivity contribution in [1.29, 1.82) is 0 Å². The van der Waals surface area contributed by atoms with Gasteiger partial charge in [0.15, 0.2) is 9.84 Å². The summed E-state index contributed by atoms with van der Waals surface area (Å²) in [6, 6.07) is 15.3. The first-order chi connectivity index (χ1) is 14.0. The Morgan fingerprint density at radius 2 is 1.97 bits per heavy atom. The second-order valence-corrected chi connectivity index (χ2v) is 10.1. The number of fused-ring (bicyclic) bond motifs is 2. The van der Waals surface area contributed by atoms with E-state index in [0.29, 0.717) is 29.0 Å². The number of halogens is 1. The van der Waals surface area contributed by atoms with Gasteiger partial charge in [-0.15, -0.1) is 0 Å². The van der Waals surface area contributed by atoms with Crippen LogP contribution in [0.3, 0.4) is 0 Å². The van der Waals surface area contributed by atoms with Gasteiger partial charge in [0.25, 0.3) is 0 Å². The van der Waals surface area contributed by atoms with E-state index in [2.05, 4.69) is 10.6 Å². The van der Waals surface area contributed by atoms with Gasteiger partial charge in [-0.2, -0.15) is 0 Å². The van der Waals surface area contributed by atoms with Crippen molar-refractivity contribution < 1.29 is 8.42 Å². The van der Waals surface area contributed by atoms with E-state index in [1.54, 1.807) is 12.1 Å². The van der Waals surface area contributed by atoms with E-state index >= 15 is 0 Å². The summed E-state index contributed by atoms with van der Waals surface area (Å²) in [6.45, 7) is 2.73. The lowest BCUT2D eigenvalue weighted by molar-refractivity contribution is 0.472. The zero-order valence-corrected chi connectivity index (χ0v) is 17.3. The highest BCUT2D eigenvalue weighted by Gasteiger charge is 2.26. The van der Waals surface area contributed by atoms with Crippen molar-refractivity contribution in [2.24, 2.45) is 0 Å². The molecule has 0 spiro atoms. The molecule has 29 heavy (non-hydrogen) atoms. The first kappa shape index (κ1) is 18.7. The minimum absolute atomic E-state index is 0.0691. The second-order valence-electron chi connectivity index (χ2n) is 7.54. The zero-order valence-electron chi connectivity index (χ0n) is 15.7. The van der Waals surface area contributed by atoms with Gasteiger partial charge in [0, 0.05) is 48.3 Å². The maximum Gasteiger partial charge on any atom is 0.180 e. The summed E-state index contributed by atoms with van der Waals surface area (Å²) in [6.07, 6.45) is 0. The minimum Gasteiger partial charge on any atom is -0.379 e. The minimum atomic E-state index is -3.30. The van der Waals surface area contributed by atoms with E-state index in [0.717, 1.165) is 41.1 Å². The normalized spacial score (nSPS) is 18.7. The first-order valence-corrected chi connectivity index (χ1v) is 11.7. The van der Waals surface area contributed by atoms with Crippen LogP contribution in [-0.2, 0) is 16.4 Å². The van der Waals surface area contributed by atoms with E-state index in [-0.39, 0.29) is 5.75 Å². The maximum atomic E-state index is 12.7. The molecule has 6 nitrogen and oxygen atoms in total. The first-order valence-electron chi connectivity index (χ1n) is 9.63. The highest BCUT2D eigenvalue weighted by Crippen LogP contribution is 2.32. The summed E-state index contributed by atoms with van der Waals surface area (Å²) in [5, 5.41) is 8.47. The van der Waals surface area contributed by atoms with Crippen LogP contribution in [0.25, 0.3) is 10.9 Å². The number of nitrogens with zero attached hydrogens (tertiary/aromatic N) is 2. The van der Waals surface area contributed by atoms with Crippen LogP contribution in [0, 0.1) is 0 Å². The Morgan fingerprint density at radius 1 is 1.14 bits per heavy atom. The van der Waals surface area contributed by atoms with E-state index < -0.39 is 9.84 Å². The molecule has 0 saturated carbocycles. The molecule has 0 aliphatic carbocycles. The van der Waals surface area contributed by atoms with Crippen LogP contribution < -0.4 is 15.5 Å². The standard InChI is InChI=1S/C21H21ClN4O2S/c22-15-5-6-18-17(9-15)19(24-16-11-23-12-16)10-21(25-18)26-7-8-29(27,28)20-4-2-1-3-14(20)13-26/h1-6,9-10,16,23H,7-8,11-13H2,(H,24,25). The molecule has 0 unspecified atom stereocenters. The number of benzene rings is 2. The van der Waals surface area contributed by atoms with Gasteiger partial charge in [0.05, 0.1) is 22.2 Å². The van der Waals surface area contributed by atoms with E-state index in [1.165, 1.54) is 0 Å². The average molecular weight is 429 g/mol. The van der Waals surface area contributed by atoms with Crippen LogP contribution in [0.5, 0.6) is 0 Å². The Kier molecular flexibility index (Phi) is 4.61. The van der Waals surface area contributed by atoms with Crippen molar-refractivity contribution in [3.05, 3.63) is 59.1 Å². The van der Waals surface area contributed by atoms with Gasteiger partial charge < -0.3 is 15.5 Å². The average Bonchev–Trinajstić information content (AvgIpc) is 2.81. The molecule has 2 aromatic carbocycles. The van der Waals surface area contributed by atoms with Gasteiger partial charge in [-0.25, -0.2) is 13.4 Å². The zero-order chi connectivity index (χ0) is 20.0. The molecule has 1 aromatic heterocycles. The predicted molar refractivity (Wildman–Crippen MR) is 117 cm³/mol. The fourth-order valence-electron chi connectivity index (χ4n) is 3.83. The number of pyridine rings is 1. The highest BCUT2D eigenvalue weighted by atomic mass is 35.5. The SMILES string of the molecule is O=S1(=O)CCN(c2cc(NC3CNC3)c3cc(Cl)ccc3n2)Cc2ccccc21. The summed E-state index contributed by atoms with van der Waals surface area (Å²) < 4.78 is 25.4. The lowest BCUT2D eigenvalue weighted by atomic mass is 10.1. The summed E-state index contributed by atoms with van der Waals surface area (Å²) in [4.78, 5) is 7.30. The molecule has 0 atom stereocenters. The molecule has 150 valence electrons. The number of hydrogen-bond donors (Lipinski definition) is 2. The van der Waals surface area contributed by atoms with Crippen molar-refractivity contribution in [2.75, 3.05) is 35.6 Å². The van der Waals surface area contributed by atoms with Crippen LogP contribution in [0.4, 0.5) is 11.5 Å². The fraction of sp³-hybridized carbons (Fsp3) is 0.286. The number of nitrogens with one attached hydrogen (secondary N) is 2. The van der Waals surface area contributed by atoms with Crippen molar-refractivity contribution in [1.82, 2.24) is 10.3 Å². The van der Waals surface area contributed by atoms with Crippen LogP contribution in [0.15, 0.2) is 53.4 Å².